The molecule has 0 saturated carbocycles. The lowest BCUT2D eigenvalue weighted by Crippen LogP contribution is -2.00. The van der Waals surface area contributed by atoms with E-state index in [9.17, 15) is 14.3 Å². The summed E-state index contributed by atoms with van der Waals surface area (Å²) < 4.78 is 13.2. The third kappa shape index (κ3) is 2.12. The first-order valence-electron chi connectivity index (χ1n) is 6.30. The molecule has 19 heavy (non-hydrogen) atoms. The van der Waals surface area contributed by atoms with Gasteiger partial charge in [0.05, 0.1) is 5.56 Å². The smallest absolute Gasteiger partial charge is 0.336 e. The zero-order valence-electron chi connectivity index (χ0n) is 10.3. The molecule has 0 heterocycles. The number of hydrogen-bond acceptors (Lipinski definition) is 1. The van der Waals surface area contributed by atoms with Gasteiger partial charge in [-0.2, -0.15) is 0 Å². The van der Waals surface area contributed by atoms with Crippen LogP contribution in [0, 0.1) is 5.82 Å². The summed E-state index contributed by atoms with van der Waals surface area (Å²) in [6, 6.07) is 9.91. The molecule has 3 rings (SSSR count). The van der Waals surface area contributed by atoms with E-state index in [-0.39, 0.29) is 5.56 Å². The number of rotatable bonds is 2. The predicted molar refractivity (Wildman–Crippen MR) is 70.8 cm³/mol. The Morgan fingerprint density at radius 3 is 2.63 bits per heavy atom. The molecule has 0 spiro atoms. The van der Waals surface area contributed by atoms with E-state index in [1.807, 2.05) is 18.2 Å². The maximum Gasteiger partial charge on any atom is 0.336 e. The number of aryl methyl sites for hydroxylation is 2. The minimum atomic E-state index is -1.10. The molecule has 0 aromatic heterocycles. The molecule has 1 aliphatic rings. The van der Waals surface area contributed by atoms with E-state index in [0.29, 0.717) is 5.56 Å². The zero-order valence-corrected chi connectivity index (χ0v) is 10.3. The Morgan fingerprint density at radius 2 is 1.84 bits per heavy atom. The third-order valence-corrected chi connectivity index (χ3v) is 3.62. The van der Waals surface area contributed by atoms with Gasteiger partial charge in [0.1, 0.15) is 5.82 Å². The molecule has 0 atom stereocenters. The molecule has 3 heteroatoms. The molecular weight excluding hydrogens is 243 g/mol. The molecule has 0 fully saturated rings. The first-order valence-corrected chi connectivity index (χ1v) is 6.30. The molecule has 0 aliphatic heterocycles. The Morgan fingerprint density at radius 1 is 1.05 bits per heavy atom. The van der Waals surface area contributed by atoms with Gasteiger partial charge in [0, 0.05) is 0 Å². The highest BCUT2D eigenvalue weighted by atomic mass is 19.1. The molecule has 0 unspecified atom stereocenters. The summed E-state index contributed by atoms with van der Waals surface area (Å²) in [6.45, 7) is 0. The highest BCUT2D eigenvalue weighted by Gasteiger charge is 2.16. The summed E-state index contributed by atoms with van der Waals surface area (Å²) in [7, 11) is 0. The molecule has 1 aliphatic carbocycles. The molecular formula is C16H13FO2. The van der Waals surface area contributed by atoms with Crippen molar-refractivity contribution in [1.82, 2.24) is 0 Å². The second-order valence-electron chi connectivity index (χ2n) is 4.83. The van der Waals surface area contributed by atoms with Gasteiger partial charge in [-0.05, 0) is 53.6 Å². The van der Waals surface area contributed by atoms with E-state index < -0.39 is 11.8 Å². The highest BCUT2D eigenvalue weighted by molar-refractivity contribution is 5.96. The number of benzene rings is 2. The fourth-order valence-electron chi connectivity index (χ4n) is 2.68. The van der Waals surface area contributed by atoms with Crippen LogP contribution in [0.4, 0.5) is 4.39 Å². The molecule has 1 N–H and O–H groups in total. The van der Waals surface area contributed by atoms with E-state index >= 15 is 0 Å². The number of halogens is 1. The van der Waals surface area contributed by atoms with E-state index in [2.05, 4.69) is 0 Å². The van der Waals surface area contributed by atoms with Crippen LogP contribution in [0.5, 0.6) is 0 Å². The van der Waals surface area contributed by atoms with Crippen LogP contribution in [0.15, 0.2) is 36.4 Å². The molecule has 0 radical (unpaired) electrons. The number of carbonyl (C=O) groups is 1. The molecule has 2 aromatic rings. The predicted octanol–water partition coefficient (Wildman–Crippen LogP) is 3.68. The lowest BCUT2D eigenvalue weighted by molar-refractivity contribution is 0.0697. The number of hydrogen-bond donors (Lipinski definition) is 1. The summed E-state index contributed by atoms with van der Waals surface area (Å²) in [5.41, 5.74) is 4.04. The topological polar surface area (TPSA) is 37.3 Å². The molecule has 2 aromatic carbocycles. The van der Waals surface area contributed by atoms with Crippen molar-refractivity contribution in [2.24, 2.45) is 0 Å². The van der Waals surface area contributed by atoms with Crippen molar-refractivity contribution in [2.45, 2.75) is 19.3 Å². The monoisotopic (exact) mass is 256 g/mol. The van der Waals surface area contributed by atoms with Gasteiger partial charge in [0.25, 0.3) is 0 Å². The van der Waals surface area contributed by atoms with Crippen LogP contribution in [0.3, 0.4) is 0 Å². The first-order chi connectivity index (χ1) is 9.15. The number of fused-ring (bicyclic) bond motifs is 1. The van der Waals surface area contributed by atoms with Crippen molar-refractivity contribution >= 4 is 5.97 Å². The van der Waals surface area contributed by atoms with Crippen LogP contribution in [0.2, 0.25) is 0 Å². The van der Waals surface area contributed by atoms with Gasteiger partial charge in [0.2, 0.25) is 0 Å². The van der Waals surface area contributed by atoms with Gasteiger partial charge in [-0.3, -0.25) is 0 Å². The molecule has 0 bridgehead atoms. The van der Waals surface area contributed by atoms with Crippen molar-refractivity contribution in [2.75, 3.05) is 0 Å². The largest absolute Gasteiger partial charge is 0.478 e. The second kappa shape index (κ2) is 4.50. The lowest BCUT2D eigenvalue weighted by atomic mass is 9.96. The molecule has 0 saturated heterocycles. The average Bonchev–Trinajstić information content (AvgIpc) is 2.85. The summed E-state index contributed by atoms with van der Waals surface area (Å²) in [5, 5.41) is 9.18. The standard InChI is InChI=1S/C16H13FO2/c17-13-6-7-14(15(9-13)16(18)19)12-5-4-10-2-1-3-11(10)8-12/h4-9H,1-3H2,(H,18,19). The fraction of sp³-hybridized carbons (Fsp3) is 0.188. The first kappa shape index (κ1) is 11.9. The van der Waals surface area contributed by atoms with Crippen molar-refractivity contribution < 1.29 is 14.3 Å². The van der Waals surface area contributed by atoms with E-state index in [1.165, 1.54) is 23.3 Å². The summed E-state index contributed by atoms with van der Waals surface area (Å²) in [5.74, 6) is -1.63. The number of carboxylic acids is 1. The van der Waals surface area contributed by atoms with Gasteiger partial charge in [-0.1, -0.05) is 24.3 Å². The van der Waals surface area contributed by atoms with Crippen LogP contribution in [0.1, 0.15) is 27.9 Å². The second-order valence-corrected chi connectivity index (χ2v) is 4.83. The number of carboxylic acid groups (broad SMARTS) is 1. The Labute approximate surface area is 110 Å². The lowest BCUT2D eigenvalue weighted by Gasteiger charge is -2.08. The maximum absolute atomic E-state index is 13.2. The SMILES string of the molecule is O=C(O)c1cc(F)ccc1-c1ccc2c(c1)CCC2. The zero-order chi connectivity index (χ0) is 13.4. The summed E-state index contributed by atoms with van der Waals surface area (Å²) in [4.78, 5) is 11.2. The van der Waals surface area contributed by atoms with Crippen molar-refractivity contribution in [3.8, 4) is 11.1 Å². The van der Waals surface area contributed by atoms with Crippen molar-refractivity contribution in [3.05, 3.63) is 58.9 Å². The van der Waals surface area contributed by atoms with Gasteiger partial charge in [0.15, 0.2) is 0 Å². The van der Waals surface area contributed by atoms with Crippen LogP contribution in [0.25, 0.3) is 11.1 Å². The molecule has 2 nitrogen and oxygen atoms in total. The van der Waals surface area contributed by atoms with Crippen LogP contribution < -0.4 is 0 Å². The van der Waals surface area contributed by atoms with Crippen molar-refractivity contribution in [3.63, 3.8) is 0 Å². The van der Waals surface area contributed by atoms with E-state index in [1.54, 1.807) is 0 Å². The van der Waals surface area contributed by atoms with E-state index in [4.69, 9.17) is 0 Å². The Kier molecular flexibility index (Phi) is 2.82. The van der Waals surface area contributed by atoms with Crippen LogP contribution in [-0.2, 0) is 12.8 Å². The quantitative estimate of drug-likeness (QED) is 0.890. The summed E-state index contributed by atoms with van der Waals surface area (Å²) in [6.07, 6.45) is 3.27. The fourth-order valence-corrected chi connectivity index (χ4v) is 2.68. The van der Waals surface area contributed by atoms with Crippen LogP contribution in [-0.4, -0.2) is 11.1 Å². The van der Waals surface area contributed by atoms with Gasteiger partial charge in [-0.25, -0.2) is 9.18 Å². The summed E-state index contributed by atoms with van der Waals surface area (Å²) >= 11 is 0. The molecule has 96 valence electrons. The Balaban J connectivity index is 2.14. The Hall–Kier alpha value is -2.16. The van der Waals surface area contributed by atoms with Gasteiger partial charge < -0.3 is 5.11 Å². The van der Waals surface area contributed by atoms with Crippen LogP contribution >= 0.6 is 0 Å². The number of aromatic carboxylic acids is 1. The van der Waals surface area contributed by atoms with E-state index in [0.717, 1.165) is 30.9 Å². The average molecular weight is 256 g/mol. The van der Waals surface area contributed by atoms with Crippen molar-refractivity contribution in [1.29, 1.82) is 0 Å². The minimum absolute atomic E-state index is 0.0120. The third-order valence-electron chi connectivity index (χ3n) is 3.62. The molecule has 0 amide bonds. The Bertz CT molecular complexity index is 662. The normalized spacial score (nSPS) is 13.3. The highest BCUT2D eigenvalue weighted by Crippen LogP contribution is 2.30. The maximum atomic E-state index is 13.2. The van der Waals surface area contributed by atoms with Gasteiger partial charge >= 0.3 is 5.97 Å². The minimum Gasteiger partial charge on any atom is -0.478 e. The van der Waals surface area contributed by atoms with Gasteiger partial charge in [-0.15, -0.1) is 0 Å².